The number of carbonyl (C=O) groups excluding carboxylic acids is 1. The highest BCUT2D eigenvalue weighted by molar-refractivity contribution is 9.10. The summed E-state index contributed by atoms with van der Waals surface area (Å²) < 4.78 is 0.794. The summed E-state index contributed by atoms with van der Waals surface area (Å²) in [5.41, 5.74) is 8.06. The molecule has 2 rings (SSSR count). The number of hydrogen-bond acceptors (Lipinski definition) is 3. The Morgan fingerprint density at radius 3 is 2.53 bits per heavy atom. The molecular weight excluding hydrogens is 308 g/mol. The van der Waals surface area contributed by atoms with Gasteiger partial charge in [-0.1, -0.05) is 28.1 Å². The van der Waals surface area contributed by atoms with Crippen molar-refractivity contribution >= 4 is 33.2 Å². The van der Waals surface area contributed by atoms with Crippen LogP contribution >= 0.6 is 15.9 Å². The lowest BCUT2D eigenvalue weighted by Gasteiger charge is -2.08. The van der Waals surface area contributed by atoms with E-state index in [1.54, 1.807) is 42.5 Å². The molecule has 0 spiro atoms. The number of benzene rings is 2. The van der Waals surface area contributed by atoms with Gasteiger partial charge in [-0.05, 0) is 35.9 Å². The van der Waals surface area contributed by atoms with Crippen LogP contribution in [0.1, 0.15) is 15.9 Å². The topological polar surface area (TPSA) is 75.4 Å². The Hall–Kier alpha value is -1.85. The van der Waals surface area contributed by atoms with Crippen molar-refractivity contribution in [2.75, 3.05) is 11.1 Å². The van der Waals surface area contributed by atoms with Gasteiger partial charge in [0.2, 0.25) is 0 Å². The van der Waals surface area contributed by atoms with Crippen molar-refractivity contribution in [1.29, 1.82) is 0 Å². The summed E-state index contributed by atoms with van der Waals surface area (Å²) in [5.74, 6) is -0.268. The van der Waals surface area contributed by atoms with Crippen LogP contribution in [0.5, 0.6) is 0 Å². The van der Waals surface area contributed by atoms with Gasteiger partial charge < -0.3 is 16.2 Å². The van der Waals surface area contributed by atoms with Gasteiger partial charge in [-0.3, -0.25) is 4.79 Å². The van der Waals surface area contributed by atoms with Crippen LogP contribution < -0.4 is 11.1 Å². The minimum atomic E-state index is -0.268. The molecule has 0 saturated heterocycles. The van der Waals surface area contributed by atoms with Gasteiger partial charge in [0.25, 0.3) is 5.91 Å². The van der Waals surface area contributed by atoms with Gasteiger partial charge in [-0.15, -0.1) is 0 Å². The summed E-state index contributed by atoms with van der Waals surface area (Å²) in [6.45, 7) is -0.0210. The van der Waals surface area contributed by atoms with Crippen molar-refractivity contribution in [3.63, 3.8) is 0 Å². The van der Waals surface area contributed by atoms with Gasteiger partial charge in [-0.2, -0.15) is 0 Å². The van der Waals surface area contributed by atoms with E-state index in [0.717, 1.165) is 10.0 Å². The van der Waals surface area contributed by atoms with Crippen molar-refractivity contribution in [2.24, 2.45) is 0 Å². The van der Waals surface area contributed by atoms with Crippen LogP contribution in [0.25, 0.3) is 0 Å². The highest BCUT2D eigenvalue weighted by Gasteiger charge is 2.10. The number of rotatable bonds is 3. The molecule has 0 heterocycles. The first kappa shape index (κ1) is 13.6. The normalized spacial score (nSPS) is 10.2. The Labute approximate surface area is 119 Å². The fourth-order valence-corrected chi connectivity index (χ4v) is 1.98. The Balaban J connectivity index is 2.18. The molecule has 0 aliphatic carbocycles. The molecule has 1 amide bonds. The Bertz CT molecular complexity index is 597. The maximum Gasteiger partial charge on any atom is 0.257 e. The second kappa shape index (κ2) is 5.86. The van der Waals surface area contributed by atoms with E-state index in [4.69, 9.17) is 10.8 Å². The fourth-order valence-electron chi connectivity index (χ4n) is 1.62. The largest absolute Gasteiger partial charge is 0.398 e. The zero-order valence-corrected chi connectivity index (χ0v) is 11.6. The highest BCUT2D eigenvalue weighted by Crippen LogP contribution is 2.20. The molecule has 0 saturated carbocycles. The van der Waals surface area contributed by atoms with E-state index in [-0.39, 0.29) is 12.5 Å². The number of nitrogens with two attached hydrogens (primary N) is 1. The SMILES string of the molecule is Nc1ccc(Br)cc1C(=O)Nc1ccc(CO)cc1. The summed E-state index contributed by atoms with van der Waals surface area (Å²) in [6, 6.07) is 12.1. The lowest BCUT2D eigenvalue weighted by atomic mass is 10.1. The van der Waals surface area contributed by atoms with E-state index in [1.165, 1.54) is 0 Å². The third kappa shape index (κ3) is 3.33. The quantitative estimate of drug-likeness (QED) is 0.761. The number of hydrogen-bond donors (Lipinski definition) is 3. The van der Waals surface area contributed by atoms with Crippen LogP contribution in [-0.4, -0.2) is 11.0 Å². The van der Waals surface area contributed by atoms with Crippen LogP contribution in [0.15, 0.2) is 46.9 Å². The number of aliphatic hydroxyl groups excluding tert-OH is 1. The molecule has 0 aliphatic rings. The first-order valence-electron chi connectivity index (χ1n) is 5.66. The first-order chi connectivity index (χ1) is 9.10. The molecule has 4 N–H and O–H groups in total. The van der Waals surface area contributed by atoms with Crippen LogP contribution in [0.4, 0.5) is 11.4 Å². The monoisotopic (exact) mass is 320 g/mol. The molecule has 0 aromatic heterocycles. The van der Waals surface area contributed by atoms with E-state index >= 15 is 0 Å². The van der Waals surface area contributed by atoms with Crippen LogP contribution in [0, 0.1) is 0 Å². The Kier molecular flexibility index (Phi) is 4.19. The molecule has 0 atom stereocenters. The van der Waals surface area contributed by atoms with E-state index in [0.29, 0.717) is 16.9 Å². The number of halogens is 1. The number of carbonyl (C=O) groups is 1. The minimum Gasteiger partial charge on any atom is -0.398 e. The first-order valence-corrected chi connectivity index (χ1v) is 6.45. The summed E-state index contributed by atoms with van der Waals surface area (Å²) >= 11 is 3.31. The molecule has 98 valence electrons. The standard InChI is InChI=1S/C14H13BrN2O2/c15-10-3-6-13(16)12(7-10)14(19)17-11-4-1-9(8-18)2-5-11/h1-7,18H,8,16H2,(H,17,19). The second-order valence-electron chi connectivity index (χ2n) is 4.04. The lowest BCUT2D eigenvalue weighted by molar-refractivity contribution is 0.102. The van der Waals surface area contributed by atoms with Crippen molar-refractivity contribution in [1.82, 2.24) is 0 Å². The van der Waals surface area contributed by atoms with Crippen LogP contribution in [-0.2, 0) is 6.61 Å². The average molecular weight is 321 g/mol. The smallest absolute Gasteiger partial charge is 0.257 e. The van der Waals surface area contributed by atoms with Gasteiger partial charge in [0.05, 0.1) is 12.2 Å². The van der Waals surface area contributed by atoms with E-state index in [2.05, 4.69) is 21.2 Å². The number of aliphatic hydroxyl groups is 1. The molecule has 2 aromatic carbocycles. The lowest BCUT2D eigenvalue weighted by Crippen LogP contribution is -2.14. The molecule has 4 nitrogen and oxygen atoms in total. The third-order valence-corrected chi connectivity index (χ3v) is 3.15. The summed E-state index contributed by atoms with van der Waals surface area (Å²) in [7, 11) is 0. The number of nitrogen functional groups attached to an aromatic ring is 1. The van der Waals surface area contributed by atoms with Gasteiger partial charge in [0.1, 0.15) is 0 Å². The molecule has 19 heavy (non-hydrogen) atoms. The number of amides is 1. The summed E-state index contributed by atoms with van der Waals surface area (Å²) in [5, 5.41) is 11.7. The van der Waals surface area contributed by atoms with Crippen molar-refractivity contribution in [3.05, 3.63) is 58.1 Å². The predicted molar refractivity (Wildman–Crippen MR) is 78.9 cm³/mol. The second-order valence-corrected chi connectivity index (χ2v) is 4.96. The Morgan fingerprint density at radius 1 is 1.21 bits per heavy atom. The molecule has 0 fully saturated rings. The number of nitrogens with one attached hydrogen (secondary N) is 1. The van der Waals surface area contributed by atoms with Gasteiger partial charge in [0.15, 0.2) is 0 Å². The number of anilines is 2. The Morgan fingerprint density at radius 2 is 1.89 bits per heavy atom. The molecule has 0 radical (unpaired) electrons. The van der Waals surface area contributed by atoms with Crippen molar-refractivity contribution in [2.45, 2.75) is 6.61 Å². The molecule has 0 aliphatic heterocycles. The molecule has 2 aromatic rings. The fraction of sp³-hybridized carbons (Fsp3) is 0.0714. The van der Waals surface area contributed by atoms with E-state index in [1.807, 2.05) is 0 Å². The average Bonchev–Trinajstić information content (AvgIpc) is 2.42. The van der Waals surface area contributed by atoms with Crippen LogP contribution in [0.2, 0.25) is 0 Å². The minimum absolute atomic E-state index is 0.0210. The van der Waals surface area contributed by atoms with Gasteiger partial charge in [0, 0.05) is 15.8 Å². The maximum atomic E-state index is 12.1. The maximum absolute atomic E-state index is 12.1. The molecular formula is C14H13BrN2O2. The molecule has 0 unspecified atom stereocenters. The van der Waals surface area contributed by atoms with Crippen molar-refractivity contribution in [3.8, 4) is 0 Å². The van der Waals surface area contributed by atoms with Gasteiger partial charge >= 0.3 is 0 Å². The highest BCUT2D eigenvalue weighted by atomic mass is 79.9. The van der Waals surface area contributed by atoms with E-state index in [9.17, 15) is 4.79 Å². The summed E-state index contributed by atoms with van der Waals surface area (Å²) in [4.78, 5) is 12.1. The summed E-state index contributed by atoms with van der Waals surface area (Å²) in [6.07, 6.45) is 0. The van der Waals surface area contributed by atoms with Crippen LogP contribution in [0.3, 0.4) is 0 Å². The van der Waals surface area contributed by atoms with Crippen molar-refractivity contribution < 1.29 is 9.90 Å². The zero-order valence-electron chi connectivity index (χ0n) is 10.1. The molecule has 0 bridgehead atoms. The predicted octanol–water partition coefficient (Wildman–Crippen LogP) is 2.78. The third-order valence-electron chi connectivity index (χ3n) is 2.65. The molecule has 5 heteroatoms. The van der Waals surface area contributed by atoms with E-state index < -0.39 is 0 Å². The zero-order chi connectivity index (χ0) is 13.8. The van der Waals surface area contributed by atoms with Gasteiger partial charge in [-0.25, -0.2) is 0 Å².